The van der Waals surface area contributed by atoms with E-state index < -0.39 is 0 Å². The van der Waals surface area contributed by atoms with Crippen molar-refractivity contribution in [2.45, 2.75) is 25.8 Å². The van der Waals surface area contributed by atoms with Gasteiger partial charge in [-0.2, -0.15) is 5.10 Å². The minimum absolute atomic E-state index is 0.245. The third-order valence-corrected chi connectivity index (χ3v) is 4.64. The van der Waals surface area contributed by atoms with Crippen LogP contribution in [0.3, 0.4) is 0 Å². The summed E-state index contributed by atoms with van der Waals surface area (Å²) in [6.45, 7) is 1.43. The van der Waals surface area contributed by atoms with Gasteiger partial charge in [-0.1, -0.05) is 18.2 Å². The van der Waals surface area contributed by atoms with E-state index in [0.29, 0.717) is 13.0 Å². The summed E-state index contributed by atoms with van der Waals surface area (Å²) < 4.78 is 1.95. The zero-order valence-corrected chi connectivity index (χ0v) is 14.0. The maximum Gasteiger partial charge on any atom is 0.163 e. The minimum atomic E-state index is 0.245. The predicted octanol–water partition coefficient (Wildman–Crippen LogP) is 3.09. The molecule has 0 radical (unpaired) electrons. The number of carbonyl (C=O) groups is 1. The molecular weight excluding hydrogens is 312 g/mol. The van der Waals surface area contributed by atoms with Crippen molar-refractivity contribution in [3.8, 4) is 22.4 Å². The molecule has 0 atom stereocenters. The Balaban J connectivity index is 1.80. The van der Waals surface area contributed by atoms with Gasteiger partial charge >= 0.3 is 0 Å². The number of nitrogens with two attached hydrogens (primary N) is 1. The second kappa shape index (κ2) is 6.61. The van der Waals surface area contributed by atoms with Crippen LogP contribution in [0.1, 0.15) is 28.8 Å². The van der Waals surface area contributed by atoms with Gasteiger partial charge in [-0.3, -0.25) is 14.5 Å². The molecule has 0 fully saturated rings. The summed E-state index contributed by atoms with van der Waals surface area (Å²) in [4.78, 5) is 16.0. The highest BCUT2D eigenvalue weighted by atomic mass is 16.1. The number of ketones is 1. The van der Waals surface area contributed by atoms with Crippen LogP contribution in [0.2, 0.25) is 0 Å². The first-order valence-electron chi connectivity index (χ1n) is 8.60. The van der Waals surface area contributed by atoms with Crippen molar-refractivity contribution in [2.75, 3.05) is 6.54 Å². The van der Waals surface area contributed by atoms with E-state index in [1.165, 1.54) is 0 Å². The van der Waals surface area contributed by atoms with Crippen molar-refractivity contribution in [1.29, 1.82) is 0 Å². The van der Waals surface area contributed by atoms with Crippen molar-refractivity contribution in [2.24, 2.45) is 5.73 Å². The second-order valence-corrected chi connectivity index (χ2v) is 6.33. The van der Waals surface area contributed by atoms with E-state index in [0.717, 1.165) is 52.9 Å². The van der Waals surface area contributed by atoms with Gasteiger partial charge in [-0.25, -0.2) is 0 Å². The first kappa shape index (κ1) is 15.7. The molecule has 2 heterocycles. The number of pyridine rings is 1. The van der Waals surface area contributed by atoms with Crippen LogP contribution in [-0.4, -0.2) is 27.1 Å². The van der Waals surface area contributed by atoms with Crippen LogP contribution >= 0.6 is 0 Å². The Bertz CT molecular complexity index is 915. The molecule has 0 amide bonds. The molecule has 1 aromatic carbocycles. The molecular formula is C20H20N4O. The van der Waals surface area contributed by atoms with E-state index >= 15 is 0 Å². The predicted molar refractivity (Wildman–Crippen MR) is 97.2 cm³/mol. The van der Waals surface area contributed by atoms with E-state index in [-0.39, 0.29) is 5.78 Å². The van der Waals surface area contributed by atoms with Gasteiger partial charge in [-0.05, 0) is 42.6 Å². The summed E-state index contributed by atoms with van der Waals surface area (Å²) in [5.41, 5.74) is 11.8. The van der Waals surface area contributed by atoms with Crippen LogP contribution in [0.25, 0.3) is 22.4 Å². The number of hydrogen-bond donors (Lipinski definition) is 1. The average Bonchev–Trinajstić information content (AvgIpc) is 3.24. The molecule has 0 unspecified atom stereocenters. The van der Waals surface area contributed by atoms with Crippen molar-refractivity contribution in [3.63, 3.8) is 0 Å². The van der Waals surface area contributed by atoms with Gasteiger partial charge in [-0.15, -0.1) is 0 Å². The first-order valence-corrected chi connectivity index (χ1v) is 8.60. The van der Waals surface area contributed by atoms with Gasteiger partial charge < -0.3 is 5.73 Å². The summed E-state index contributed by atoms with van der Waals surface area (Å²) in [5.74, 6) is 0.245. The molecule has 126 valence electrons. The van der Waals surface area contributed by atoms with Gasteiger partial charge in [0, 0.05) is 48.2 Å². The lowest BCUT2D eigenvalue weighted by atomic mass is 9.98. The lowest BCUT2D eigenvalue weighted by Crippen LogP contribution is -2.06. The fraction of sp³-hybridized carbons (Fsp3) is 0.250. The molecule has 2 aromatic heterocycles. The van der Waals surface area contributed by atoms with Gasteiger partial charge in [0.15, 0.2) is 5.78 Å². The van der Waals surface area contributed by atoms with E-state index in [1.54, 1.807) is 12.4 Å². The maximum absolute atomic E-state index is 11.9. The lowest BCUT2D eigenvalue weighted by Gasteiger charge is -2.05. The van der Waals surface area contributed by atoms with E-state index in [4.69, 9.17) is 10.8 Å². The monoisotopic (exact) mass is 332 g/mol. The quantitative estimate of drug-likeness (QED) is 0.779. The van der Waals surface area contributed by atoms with Gasteiger partial charge in [0.25, 0.3) is 0 Å². The van der Waals surface area contributed by atoms with Crippen LogP contribution in [-0.2, 0) is 13.0 Å². The molecule has 0 spiro atoms. The summed E-state index contributed by atoms with van der Waals surface area (Å²) in [5, 5.41) is 4.77. The standard InChI is InChI=1S/C20H20N4O/c21-8-1-11-24-13-18(20(23-24)14-6-9-22-10-7-14)16-2-4-17-15(12-16)3-5-19(17)25/h2,4,6-7,9-10,12-13H,1,3,5,8,11,21H2. The summed E-state index contributed by atoms with van der Waals surface area (Å²) in [7, 11) is 0. The van der Waals surface area contributed by atoms with Crippen LogP contribution in [0.15, 0.2) is 48.9 Å². The smallest absolute Gasteiger partial charge is 0.163 e. The molecule has 2 N–H and O–H groups in total. The van der Waals surface area contributed by atoms with Gasteiger partial charge in [0.1, 0.15) is 5.69 Å². The van der Waals surface area contributed by atoms with Crippen molar-refractivity contribution in [1.82, 2.24) is 14.8 Å². The minimum Gasteiger partial charge on any atom is -0.330 e. The molecule has 5 nitrogen and oxygen atoms in total. The Hall–Kier alpha value is -2.79. The fourth-order valence-corrected chi connectivity index (χ4v) is 3.35. The number of nitrogens with zero attached hydrogens (tertiary/aromatic N) is 3. The number of benzene rings is 1. The number of rotatable bonds is 5. The highest BCUT2D eigenvalue weighted by Crippen LogP contribution is 2.34. The topological polar surface area (TPSA) is 73.8 Å². The summed E-state index contributed by atoms with van der Waals surface area (Å²) >= 11 is 0. The molecule has 0 bridgehead atoms. The summed E-state index contributed by atoms with van der Waals surface area (Å²) in [6.07, 6.45) is 7.96. The Morgan fingerprint density at radius 1 is 1.04 bits per heavy atom. The third-order valence-electron chi connectivity index (χ3n) is 4.64. The van der Waals surface area contributed by atoms with Gasteiger partial charge in [0.05, 0.1) is 0 Å². The Morgan fingerprint density at radius 2 is 1.88 bits per heavy atom. The molecule has 0 saturated heterocycles. The second-order valence-electron chi connectivity index (χ2n) is 6.33. The molecule has 25 heavy (non-hydrogen) atoms. The Kier molecular flexibility index (Phi) is 4.15. The van der Waals surface area contributed by atoms with Crippen LogP contribution in [0.4, 0.5) is 0 Å². The summed E-state index contributed by atoms with van der Waals surface area (Å²) in [6, 6.07) is 10.0. The number of hydrogen-bond acceptors (Lipinski definition) is 4. The zero-order valence-electron chi connectivity index (χ0n) is 14.0. The number of carbonyl (C=O) groups excluding carboxylic acids is 1. The highest BCUT2D eigenvalue weighted by Gasteiger charge is 2.21. The molecule has 5 heteroatoms. The SMILES string of the molecule is NCCCn1cc(-c2ccc3c(c2)CCC3=O)c(-c2ccncc2)n1. The molecule has 0 aliphatic heterocycles. The highest BCUT2D eigenvalue weighted by molar-refractivity contribution is 6.01. The van der Waals surface area contributed by atoms with E-state index in [9.17, 15) is 4.79 Å². The Morgan fingerprint density at radius 3 is 2.68 bits per heavy atom. The molecule has 0 saturated carbocycles. The van der Waals surface area contributed by atoms with Crippen LogP contribution < -0.4 is 5.73 Å². The maximum atomic E-state index is 11.9. The van der Waals surface area contributed by atoms with Crippen LogP contribution in [0.5, 0.6) is 0 Å². The van der Waals surface area contributed by atoms with Crippen molar-refractivity contribution >= 4 is 5.78 Å². The first-order chi connectivity index (χ1) is 12.3. The van der Waals surface area contributed by atoms with Crippen molar-refractivity contribution in [3.05, 3.63) is 60.0 Å². The Labute approximate surface area is 146 Å². The fourth-order valence-electron chi connectivity index (χ4n) is 3.35. The zero-order chi connectivity index (χ0) is 17.2. The van der Waals surface area contributed by atoms with E-state index in [1.807, 2.05) is 28.9 Å². The third kappa shape index (κ3) is 2.98. The van der Waals surface area contributed by atoms with Crippen molar-refractivity contribution < 1.29 is 4.79 Å². The normalized spacial score (nSPS) is 13.2. The number of Topliss-reactive ketones (excluding diaryl/α,β-unsaturated/α-hetero) is 1. The van der Waals surface area contributed by atoms with Crippen LogP contribution in [0, 0.1) is 0 Å². The number of aromatic nitrogens is 3. The number of aryl methyl sites for hydroxylation is 2. The number of fused-ring (bicyclic) bond motifs is 1. The van der Waals surface area contributed by atoms with Gasteiger partial charge in [0.2, 0.25) is 0 Å². The lowest BCUT2D eigenvalue weighted by molar-refractivity contribution is 0.0994. The molecule has 1 aliphatic carbocycles. The largest absolute Gasteiger partial charge is 0.330 e. The van der Waals surface area contributed by atoms with E-state index in [2.05, 4.69) is 17.2 Å². The molecule has 1 aliphatic rings. The molecule has 3 aromatic rings. The average molecular weight is 332 g/mol. The molecule has 4 rings (SSSR count).